The van der Waals surface area contributed by atoms with Gasteiger partial charge in [-0.2, -0.15) is 0 Å². The molecule has 5 nitrogen and oxygen atoms in total. The number of aromatic nitrogens is 2. The Morgan fingerprint density at radius 2 is 2.38 bits per heavy atom. The molecule has 0 spiro atoms. The van der Waals surface area contributed by atoms with Crippen LogP contribution in [-0.4, -0.2) is 33.3 Å². The molecule has 1 aliphatic rings. The molecular weight excluding hydrogens is 292 g/mol. The molecule has 2 heterocycles. The van der Waals surface area contributed by atoms with Gasteiger partial charge < -0.3 is 14.4 Å². The summed E-state index contributed by atoms with van der Waals surface area (Å²) in [7, 11) is 0. The molecule has 6 heteroatoms. The van der Waals surface area contributed by atoms with Crippen LogP contribution in [0.25, 0.3) is 11.0 Å². The topological polar surface area (TPSA) is 64.3 Å². The highest BCUT2D eigenvalue weighted by molar-refractivity contribution is 6.31. The molecule has 0 unspecified atom stereocenters. The van der Waals surface area contributed by atoms with Gasteiger partial charge in [-0.1, -0.05) is 11.6 Å². The number of hydrogen-bond donors (Lipinski definition) is 1. The Morgan fingerprint density at radius 1 is 1.52 bits per heavy atom. The number of halogens is 1. The number of carboxylic acids is 1. The van der Waals surface area contributed by atoms with Crippen LogP contribution in [0.4, 0.5) is 0 Å². The Balaban J connectivity index is 1.95. The number of ether oxygens (including phenoxy) is 1. The third-order valence-electron chi connectivity index (χ3n) is 3.76. The van der Waals surface area contributed by atoms with E-state index in [2.05, 4.69) is 9.55 Å². The maximum Gasteiger partial charge on any atom is 0.303 e. The van der Waals surface area contributed by atoms with Gasteiger partial charge in [0.15, 0.2) is 0 Å². The average molecular weight is 309 g/mol. The zero-order chi connectivity index (χ0) is 14.8. The summed E-state index contributed by atoms with van der Waals surface area (Å²) in [6.07, 6.45) is 2.78. The van der Waals surface area contributed by atoms with Crippen molar-refractivity contribution in [1.82, 2.24) is 9.55 Å². The number of hydrogen-bond acceptors (Lipinski definition) is 3. The summed E-state index contributed by atoms with van der Waals surface area (Å²) in [5, 5.41) is 9.52. The SMILES string of the molecule is O=C(O)CCc1nc2cc(Cl)ccc2n1C[C@H]1CCCO1. The Kier molecular flexibility index (Phi) is 4.12. The number of rotatable bonds is 5. The Labute approximate surface area is 127 Å². The standard InChI is InChI=1S/C15H17ClN2O3/c16-10-3-4-13-12(8-10)17-14(5-6-15(19)20)18(13)9-11-2-1-7-21-11/h3-4,8,11H,1-2,5-7,9H2,(H,19,20)/t11-/m1/s1. The second-order valence-electron chi connectivity index (χ2n) is 5.30. The van der Waals surface area contributed by atoms with Crippen LogP contribution >= 0.6 is 11.6 Å². The molecule has 112 valence electrons. The Bertz CT molecular complexity index is 662. The summed E-state index contributed by atoms with van der Waals surface area (Å²) < 4.78 is 7.76. The normalized spacial score (nSPS) is 18.4. The first kappa shape index (κ1) is 14.4. The number of carboxylic acid groups (broad SMARTS) is 1. The van der Waals surface area contributed by atoms with Crippen molar-refractivity contribution in [2.24, 2.45) is 0 Å². The van der Waals surface area contributed by atoms with E-state index in [-0.39, 0.29) is 12.5 Å². The quantitative estimate of drug-likeness (QED) is 0.922. The monoisotopic (exact) mass is 308 g/mol. The molecule has 0 bridgehead atoms. The lowest BCUT2D eigenvalue weighted by molar-refractivity contribution is -0.137. The van der Waals surface area contributed by atoms with Crippen LogP contribution in [0.15, 0.2) is 18.2 Å². The number of carbonyl (C=O) groups is 1. The van der Waals surface area contributed by atoms with Crippen LogP contribution in [0.5, 0.6) is 0 Å². The fraction of sp³-hybridized carbons (Fsp3) is 0.467. The van der Waals surface area contributed by atoms with Crippen molar-refractivity contribution >= 4 is 28.6 Å². The summed E-state index contributed by atoms with van der Waals surface area (Å²) in [6, 6.07) is 5.58. The molecule has 0 aliphatic carbocycles. The molecule has 2 aromatic rings. The van der Waals surface area contributed by atoms with Crippen molar-refractivity contribution in [3.05, 3.63) is 29.0 Å². The number of aliphatic carboxylic acids is 1. The van der Waals surface area contributed by atoms with Crippen LogP contribution in [0.1, 0.15) is 25.1 Å². The first-order valence-corrected chi connectivity index (χ1v) is 7.49. The maximum absolute atomic E-state index is 10.8. The average Bonchev–Trinajstić information content (AvgIpc) is 3.05. The third-order valence-corrected chi connectivity index (χ3v) is 4.00. The van der Waals surface area contributed by atoms with Crippen molar-refractivity contribution in [2.75, 3.05) is 6.61 Å². The van der Waals surface area contributed by atoms with E-state index in [1.165, 1.54) is 0 Å². The minimum Gasteiger partial charge on any atom is -0.481 e. The third kappa shape index (κ3) is 3.19. The minimum atomic E-state index is -0.816. The molecule has 1 N–H and O–H groups in total. The van der Waals surface area contributed by atoms with Gasteiger partial charge in [-0.3, -0.25) is 4.79 Å². The largest absolute Gasteiger partial charge is 0.481 e. The second-order valence-corrected chi connectivity index (χ2v) is 5.74. The fourth-order valence-electron chi connectivity index (χ4n) is 2.76. The number of aryl methyl sites for hydroxylation is 1. The predicted molar refractivity (Wildman–Crippen MR) is 79.7 cm³/mol. The van der Waals surface area contributed by atoms with Crippen LogP contribution < -0.4 is 0 Å². The lowest BCUT2D eigenvalue weighted by Gasteiger charge is -2.14. The highest BCUT2D eigenvalue weighted by atomic mass is 35.5. The molecule has 3 rings (SSSR count). The van der Waals surface area contributed by atoms with Crippen molar-refractivity contribution in [3.63, 3.8) is 0 Å². The fourth-order valence-corrected chi connectivity index (χ4v) is 2.92. The number of fused-ring (bicyclic) bond motifs is 1. The maximum atomic E-state index is 10.8. The van der Waals surface area contributed by atoms with Crippen LogP contribution in [0.3, 0.4) is 0 Å². The molecular formula is C15H17ClN2O3. The van der Waals surface area contributed by atoms with Crippen LogP contribution in [-0.2, 0) is 22.5 Å². The van der Waals surface area contributed by atoms with Crippen molar-refractivity contribution in [1.29, 1.82) is 0 Å². The van der Waals surface area contributed by atoms with E-state index in [1.807, 2.05) is 18.2 Å². The van der Waals surface area contributed by atoms with E-state index in [0.717, 1.165) is 36.3 Å². The summed E-state index contributed by atoms with van der Waals surface area (Å²) in [6.45, 7) is 1.51. The molecule has 0 radical (unpaired) electrons. The molecule has 1 atom stereocenters. The first-order chi connectivity index (χ1) is 10.1. The van der Waals surface area contributed by atoms with Gasteiger partial charge in [-0.15, -0.1) is 0 Å². The van der Waals surface area contributed by atoms with E-state index in [1.54, 1.807) is 0 Å². The van der Waals surface area contributed by atoms with E-state index in [0.29, 0.717) is 18.0 Å². The van der Waals surface area contributed by atoms with Crippen molar-refractivity contribution in [3.8, 4) is 0 Å². The van der Waals surface area contributed by atoms with E-state index < -0.39 is 5.97 Å². The van der Waals surface area contributed by atoms with Gasteiger partial charge >= 0.3 is 5.97 Å². The van der Waals surface area contributed by atoms with Gasteiger partial charge in [0.25, 0.3) is 0 Å². The lowest BCUT2D eigenvalue weighted by atomic mass is 10.2. The summed E-state index contributed by atoms with van der Waals surface area (Å²) in [5.41, 5.74) is 1.79. The zero-order valence-electron chi connectivity index (χ0n) is 11.6. The minimum absolute atomic E-state index is 0.0720. The highest BCUT2D eigenvalue weighted by Gasteiger charge is 2.20. The summed E-state index contributed by atoms with van der Waals surface area (Å²) in [4.78, 5) is 15.4. The van der Waals surface area contributed by atoms with Gasteiger partial charge in [0.2, 0.25) is 0 Å². The number of nitrogens with zero attached hydrogens (tertiary/aromatic N) is 2. The summed E-state index contributed by atoms with van der Waals surface area (Å²) >= 11 is 6.01. The molecule has 0 saturated carbocycles. The van der Waals surface area contributed by atoms with Crippen LogP contribution in [0, 0.1) is 0 Å². The van der Waals surface area contributed by atoms with Gasteiger partial charge in [0.1, 0.15) is 5.82 Å². The van der Waals surface area contributed by atoms with Crippen LogP contribution in [0.2, 0.25) is 5.02 Å². The van der Waals surface area contributed by atoms with Gasteiger partial charge in [-0.05, 0) is 31.0 Å². The molecule has 1 aromatic carbocycles. The lowest BCUT2D eigenvalue weighted by Crippen LogP contribution is -2.17. The highest BCUT2D eigenvalue weighted by Crippen LogP contribution is 2.24. The van der Waals surface area contributed by atoms with Crippen molar-refractivity contribution in [2.45, 2.75) is 38.3 Å². The molecule has 1 saturated heterocycles. The molecule has 1 aliphatic heterocycles. The first-order valence-electron chi connectivity index (χ1n) is 7.11. The molecule has 21 heavy (non-hydrogen) atoms. The van der Waals surface area contributed by atoms with E-state index >= 15 is 0 Å². The zero-order valence-corrected chi connectivity index (χ0v) is 12.3. The summed E-state index contributed by atoms with van der Waals surface area (Å²) in [5.74, 6) is -0.0334. The Hall–Kier alpha value is -1.59. The van der Waals surface area contributed by atoms with E-state index in [9.17, 15) is 4.79 Å². The number of benzene rings is 1. The predicted octanol–water partition coefficient (Wildman–Crippen LogP) is 2.89. The molecule has 1 fully saturated rings. The van der Waals surface area contributed by atoms with Gasteiger partial charge in [0, 0.05) is 18.1 Å². The van der Waals surface area contributed by atoms with Gasteiger partial charge in [0.05, 0.1) is 30.1 Å². The van der Waals surface area contributed by atoms with E-state index in [4.69, 9.17) is 21.4 Å². The van der Waals surface area contributed by atoms with Gasteiger partial charge in [-0.25, -0.2) is 4.98 Å². The second kappa shape index (κ2) is 6.03. The molecule has 0 amide bonds. The van der Waals surface area contributed by atoms with Crippen molar-refractivity contribution < 1.29 is 14.6 Å². The Morgan fingerprint density at radius 3 is 3.10 bits per heavy atom. The molecule has 1 aromatic heterocycles. The smallest absolute Gasteiger partial charge is 0.303 e. The number of imidazole rings is 1.